The average molecular weight is 386 g/mol. The van der Waals surface area contributed by atoms with Crippen LogP contribution < -0.4 is 5.32 Å². The third-order valence-electron chi connectivity index (χ3n) is 4.05. The normalized spacial score (nSPS) is 15.2. The Labute approximate surface area is 143 Å². The van der Waals surface area contributed by atoms with Crippen LogP contribution in [0.15, 0.2) is 22.7 Å². The van der Waals surface area contributed by atoms with Gasteiger partial charge in [0.15, 0.2) is 6.61 Å². The van der Waals surface area contributed by atoms with Crippen molar-refractivity contribution < 1.29 is 18.7 Å². The van der Waals surface area contributed by atoms with Gasteiger partial charge in [-0.2, -0.15) is 0 Å². The van der Waals surface area contributed by atoms with Crippen LogP contribution in [0.25, 0.3) is 0 Å². The summed E-state index contributed by atoms with van der Waals surface area (Å²) in [4.78, 5) is 23.4. The number of ether oxygens (including phenoxy) is 1. The Hall–Kier alpha value is -1.43. The van der Waals surface area contributed by atoms with Crippen molar-refractivity contribution in [3.63, 3.8) is 0 Å². The molecule has 4 nitrogen and oxygen atoms in total. The molecule has 0 aliphatic heterocycles. The van der Waals surface area contributed by atoms with E-state index in [1.54, 1.807) is 6.07 Å². The van der Waals surface area contributed by atoms with Gasteiger partial charge in [0.25, 0.3) is 5.91 Å². The van der Waals surface area contributed by atoms with Gasteiger partial charge < -0.3 is 10.1 Å². The van der Waals surface area contributed by atoms with Crippen LogP contribution in [0.3, 0.4) is 0 Å². The van der Waals surface area contributed by atoms with Gasteiger partial charge >= 0.3 is 5.97 Å². The van der Waals surface area contributed by atoms with E-state index >= 15 is 0 Å². The fraction of sp³-hybridized carbons (Fsp3) is 0.529. The summed E-state index contributed by atoms with van der Waals surface area (Å²) < 4.78 is 19.1. The van der Waals surface area contributed by atoms with E-state index in [0.29, 0.717) is 16.8 Å². The van der Waals surface area contributed by atoms with Crippen LogP contribution in [-0.4, -0.2) is 18.5 Å². The monoisotopic (exact) mass is 385 g/mol. The summed E-state index contributed by atoms with van der Waals surface area (Å²) >= 11 is 3.14. The quantitative estimate of drug-likeness (QED) is 0.736. The molecule has 23 heavy (non-hydrogen) atoms. The molecule has 0 unspecified atom stereocenters. The Morgan fingerprint density at radius 3 is 2.70 bits per heavy atom. The van der Waals surface area contributed by atoms with Crippen LogP contribution in [-0.2, 0) is 14.3 Å². The highest BCUT2D eigenvalue weighted by atomic mass is 79.9. The van der Waals surface area contributed by atoms with Gasteiger partial charge in [-0.15, -0.1) is 0 Å². The molecule has 1 amide bonds. The summed E-state index contributed by atoms with van der Waals surface area (Å²) in [5.74, 6) is -0.863. The molecular formula is C17H21BrFNO3. The molecule has 0 heterocycles. The lowest BCUT2D eigenvalue weighted by Crippen LogP contribution is -2.21. The minimum atomic E-state index is -0.545. The summed E-state index contributed by atoms with van der Waals surface area (Å²) in [5.41, 5.74) is 0.0662. The first-order chi connectivity index (χ1) is 11.0. The number of halogens is 2. The maximum Gasteiger partial charge on any atom is 0.306 e. The highest BCUT2D eigenvalue weighted by Gasteiger charge is 2.16. The molecule has 1 aromatic carbocycles. The third-order valence-corrected chi connectivity index (χ3v) is 4.54. The Bertz CT molecular complexity index is 559. The molecule has 1 aromatic rings. The molecule has 0 bridgehead atoms. The lowest BCUT2D eigenvalue weighted by Gasteiger charge is -2.20. The van der Waals surface area contributed by atoms with E-state index < -0.39 is 11.7 Å². The second kappa shape index (κ2) is 9.01. The van der Waals surface area contributed by atoms with Crippen molar-refractivity contribution in [2.24, 2.45) is 5.92 Å². The summed E-state index contributed by atoms with van der Waals surface area (Å²) in [6, 6.07) is 4.32. The molecule has 1 aliphatic carbocycles. The number of rotatable bonds is 6. The van der Waals surface area contributed by atoms with Gasteiger partial charge in [-0.25, -0.2) is 4.39 Å². The Morgan fingerprint density at radius 2 is 2.00 bits per heavy atom. The highest BCUT2D eigenvalue weighted by molar-refractivity contribution is 9.10. The van der Waals surface area contributed by atoms with Crippen molar-refractivity contribution in [1.82, 2.24) is 0 Å². The van der Waals surface area contributed by atoms with Crippen molar-refractivity contribution in [2.75, 3.05) is 11.9 Å². The summed E-state index contributed by atoms with van der Waals surface area (Å²) in [5, 5.41) is 2.39. The molecule has 1 aliphatic rings. The van der Waals surface area contributed by atoms with Gasteiger partial charge in [0.1, 0.15) is 5.82 Å². The first-order valence-corrected chi connectivity index (χ1v) is 8.74. The lowest BCUT2D eigenvalue weighted by molar-refractivity contribution is -0.147. The molecule has 6 heteroatoms. The van der Waals surface area contributed by atoms with Gasteiger partial charge in [0.2, 0.25) is 0 Å². The smallest absolute Gasteiger partial charge is 0.306 e. The number of benzene rings is 1. The number of nitrogens with one attached hydrogen (secondary N) is 1. The van der Waals surface area contributed by atoms with Crippen molar-refractivity contribution >= 4 is 33.5 Å². The Morgan fingerprint density at radius 1 is 1.26 bits per heavy atom. The fourth-order valence-corrected chi connectivity index (χ4v) is 3.13. The first-order valence-electron chi connectivity index (χ1n) is 7.95. The van der Waals surface area contributed by atoms with Crippen LogP contribution in [0, 0.1) is 11.7 Å². The number of hydrogen-bond acceptors (Lipinski definition) is 3. The maximum absolute atomic E-state index is 13.6. The minimum Gasteiger partial charge on any atom is -0.456 e. The first kappa shape index (κ1) is 17.9. The van der Waals surface area contributed by atoms with Crippen LogP contribution in [0.1, 0.15) is 44.9 Å². The molecule has 0 atom stereocenters. The van der Waals surface area contributed by atoms with Crippen molar-refractivity contribution in [1.29, 1.82) is 0 Å². The molecule has 1 N–H and O–H groups in total. The number of carbonyl (C=O) groups excluding carboxylic acids is 2. The number of amides is 1. The van der Waals surface area contributed by atoms with E-state index in [0.717, 1.165) is 6.42 Å². The summed E-state index contributed by atoms with van der Waals surface area (Å²) in [6.07, 6.45) is 7.27. The molecule has 0 aromatic heterocycles. The van der Waals surface area contributed by atoms with Crippen LogP contribution in [0.4, 0.5) is 10.1 Å². The predicted molar refractivity (Wildman–Crippen MR) is 89.5 cm³/mol. The van der Waals surface area contributed by atoms with E-state index in [4.69, 9.17) is 4.74 Å². The third kappa shape index (κ3) is 6.29. The van der Waals surface area contributed by atoms with Crippen molar-refractivity contribution in [3.8, 4) is 0 Å². The standard InChI is InChI=1S/C17H21BrFNO3/c18-13-7-8-15(14(19)10-13)20-16(21)11-23-17(22)9-6-12-4-2-1-3-5-12/h7-8,10,12H,1-6,9,11H2,(H,20,21). The number of anilines is 1. The molecule has 1 fully saturated rings. The summed E-state index contributed by atoms with van der Waals surface area (Å²) in [6.45, 7) is -0.390. The maximum atomic E-state index is 13.6. The Balaban J connectivity index is 1.68. The highest BCUT2D eigenvalue weighted by Crippen LogP contribution is 2.27. The number of esters is 1. The largest absolute Gasteiger partial charge is 0.456 e. The topological polar surface area (TPSA) is 55.4 Å². The molecule has 126 valence electrons. The molecular weight excluding hydrogens is 365 g/mol. The lowest BCUT2D eigenvalue weighted by atomic mass is 9.86. The molecule has 0 radical (unpaired) electrons. The second-order valence-corrected chi connectivity index (χ2v) is 6.79. The van der Waals surface area contributed by atoms with Crippen LogP contribution in [0.2, 0.25) is 0 Å². The average Bonchev–Trinajstić information content (AvgIpc) is 2.54. The van der Waals surface area contributed by atoms with Crippen molar-refractivity contribution in [3.05, 3.63) is 28.5 Å². The van der Waals surface area contributed by atoms with Gasteiger partial charge in [0, 0.05) is 10.9 Å². The van der Waals surface area contributed by atoms with Gasteiger partial charge in [-0.05, 0) is 30.5 Å². The number of hydrogen-bond donors (Lipinski definition) is 1. The van der Waals surface area contributed by atoms with E-state index in [-0.39, 0.29) is 18.3 Å². The van der Waals surface area contributed by atoms with E-state index in [9.17, 15) is 14.0 Å². The zero-order valence-corrected chi connectivity index (χ0v) is 14.5. The summed E-state index contributed by atoms with van der Waals surface area (Å²) in [7, 11) is 0. The Kier molecular flexibility index (Phi) is 7.02. The van der Waals surface area contributed by atoms with Crippen molar-refractivity contribution in [2.45, 2.75) is 44.9 Å². The van der Waals surface area contributed by atoms with E-state index in [1.807, 2.05) is 0 Å². The SMILES string of the molecule is O=C(COC(=O)CCC1CCCCC1)Nc1ccc(Br)cc1F. The van der Waals surface area contributed by atoms with E-state index in [1.165, 1.54) is 44.2 Å². The molecule has 0 spiro atoms. The fourth-order valence-electron chi connectivity index (χ4n) is 2.79. The molecule has 1 saturated carbocycles. The van der Waals surface area contributed by atoms with Gasteiger partial charge in [0.05, 0.1) is 5.69 Å². The number of carbonyl (C=O) groups is 2. The van der Waals surface area contributed by atoms with E-state index in [2.05, 4.69) is 21.2 Å². The molecule has 0 saturated heterocycles. The second-order valence-electron chi connectivity index (χ2n) is 5.88. The van der Waals surface area contributed by atoms with Gasteiger partial charge in [-0.3, -0.25) is 9.59 Å². The zero-order valence-electron chi connectivity index (χ0n) is 12.9. The van der Waals surface area contributed by atoms with Crippen LogP contribution >= 0.6 is 15.9 Å². The zero-order chi connectivity index (χ0) is 16.7. The van der Waals surface area contributed by atoms with Gasteiger partial charge in [-0.1, -0.05) is 48.0 Å². The minimum absolute atomic E-state index is 0.0662. The predicted octanol–water partition coefficient (Wildman–Crippen LogP) is 4.43. The molecule has 2 rings (SSSR count). The van der Waals surface area contributed by atoms with Crippen LogP contribution in [0.5, 0.6) is 0 Å².